The highest BCUT2D eigenvalue weighted by molar-refractivity contribution is 5.87. The molecule has 0 aliphatic heterocycles. The molecule has 2 N–H and O–H groups in total. The number of ether oxygens (including phenoxy) is 1. The average Bonchev–Trinajstić information content (AvgIpc) is 2.89. The number of aromatic nitrogens is 3. The van der Waals surface area contributed by atoms with Gasteiger partial charge in [-0.15, -0.1) is 0 Å². The number of aromatic amines is 1. The highest BCUT2D eigenvalue weighted by Gasteiger charge is 2.06. The fourth-order valence-corrected chi connectivity index (χ4v) is 1.95. The molecule has 0 radical (unpaired) electrons. The van der Waals surface area contributed by atoms with Crippen LogP contribution in [-0.4, -0.2) is 34.3 Å². The summed E-state index contributed by atoms with van der Waals surface area (Å²) in [4.78, 5) is 15.7. The van der Waals surface area contributed by atoms with Crippen LogP contribution >= 0.6 is 0 Å². The minimum atomic E-state index is -0.133. The standard InChI is InChI=1S/C14H20N4O2/c1-3-4-5-13(19)20-7-6-15-11-8-10(2)17-12-9-16-18-14(11)12/h8-9H,3-7H2,1-2H3,(H,15,17)(H,16,18). The summed E-state index contributed by atoms with van der Waals surface area (Å²) in [7, 11) is 0. The molecule has 108 valence electrons. The number of hydrogen-bond acceptors (Lipinski definition) is 5. The monoisotopic (exact) mass is 276 g/mol. The smallest absolute Gasteiger partial charge is 0.305 e. The van der Waals surface area contributed by atoms with Gasteiger partial charge in [-0.2, -0.15) is 5.10 Å². The maximum Gasteiger partial charge on any atom is 0.305 e. The molecule has 2 heterocycles. The first-order valence-electron chi connectivity index (χ1n) is 6.91. The van der Waals surface area contributed by atoms with Gasteiger partial charge in [0.15, 0.2) is 0 Å². The molecular weight excluding hydrogens is 256 g/mol. The molecule has 6 heteroatoms. The molecule has 0 unspecified atom stereocenters. The van der Waals surface area contributed by atoms with Crippen LogP contribution in [-0.2, 0) is 9.53 Å². The number of unbranched alkanes of at least 4 members (excludes halogenated alkanes) is 1. The number of carbonyl (C=O) groups excluding carboxylic acids is 1. The molecule has 0 saturated heterocycles. The van der Waals surface area contributed by atoms with Crippen molar-refractivity contribution in [2.24, 2.45) is 0 Å². The van der Waals surface area contributed by atoms with Gasteiger partial charge in [0, 0.05) is 18.7 Å². The Morgan fingerprint density at radius 1 is 1.50 bits per heavy atom. The van der Waals surface area contributed by atoms with Gasteiger partial charge >= 0.3 is 5.97 Å². The van der Waals surface area contributed by atoms with Gasteiger partial charge in [0.2, 0.25) is 0 Å². The summed E-state index contributed by atoms with van der Waals surface area (Å²) in [6, 6.07) is 1.94. The van der Waals surface area contributed by atoms with Crippen molar-refractivity contribution in [1.29, 1.82) is 0 Å². The van der Waals surface area contributed by atoms with E-state index in [9.17, 15) is 4.79 Å². The van der Waals surface area contributed by atoms with Crippen molar-refractivity contribution in [3.8, 4) is 0 Å². The lowest BCUT2D eigenvalue weighted by atomic mass is 10.2. The summed E-state index contributed by atoms with van der Waals surface area (Å²) in [5.41, 5.74) is 3.54. The van der Waals surface area contributed by atoms with Crippen LogP contribution in [0.1, 0.15) is 31.9 Å². The fourth-order valence-electron chi connectivity index (χ4n) is 1.95. The number of nitrogens with one attached hydrogen (secondary N) is 2. The number of H-pyrrole nitrogens is 1. The molecule has 0 aliphatic rings. The Morgan fingerprint density at radius 3 is 3.15 bits per heavy atom. The van der Waals surface area contributed by atoms with Crippen LogP contribution < -0.4 is 5.32 Å². The lowest BCUT2D eigenvalue weighted by Crippen LogP contribution is -2.14. The number of esters is 1. The summed E-state index contributed by atoms with van der Waals surface area (Å²) < 4.78 is 5.15. The van der Waals surface area contributed by atoms with Crippen molar-refractivity contribution in [1.82, 2.24) is 15.2 Å². The zero-order valence-corrected chi connectivity index (χ0v) is 11.9. The van der Waals surface area contributed by atoms with Gasteiger partial charge in [0.1, 0.15) is 17.6 Å². The molecule has 0 saturated carbocycles. The zero-order valence-electron chi connectivity index (χ0n) is 11.9. The molecule has 20 heavy (non-hydrogen) atoms. The molecule has 2 aromatic rings. The Bertz CT molecular complexity index is 580. The minimum Gasteiger partial charge on any atom is -0.464 e. The lowest BCUT2D eigenvalue weighted by Gasteiger charge is -2.09. The molecule has 2 rings (SSSR count). The van der Waals surface area contributed by atoms with E-state index in [1.165, 1.54) is 0 Å². The van der Waals surface area contributed by atoms with Crippen LogP contribution in [0.4, 0.5) is 5.69 Å². The van der Waals surface area contributed by atoms with E-state index >= 15 is 0 Å². The molecule has 0 bridgehead atoms. The molecular formula is C14H20N4O2. The van der Waals surface area contributed by atoms with Crippen molar-refractivity contribution >= 4 is 22.7 Å². The van der Waals surface area contributed by atoms with Gasteiger partial charge < -0.3 is 10.1 Å². The first kappa shape index (κ1) is 14.3. The lowest BCUT2D eigenvalue weighted by molar-refractivity contribution is -0.143. The van der Waals surface area contributed by atoms with Gasteiger partial charge in [-0.1, -0.05) is 13.3 Å². The van der Waals surface area contributed by atoms with Crippen molar-refractivity contribution in [3.05, 3.63) is 18.0 Å². The number of carbonyl (C=O) groups is 1. The predicted molar refractivity (Wildman–Crippen MR) is 77.6 cm³/mol. The van der Waals surface area contributed by atoms with Crippen LogP contribution in [0, 0.1) is 6.92 Å². The average molecular weight is 276 g/mol. The summed E-state index contributed by atoms with van der Waals surface area (Å²) in [6.45, 7) is 4.91. The van der Waals surface area contributed by atoms with Crippen LogP contribution in [0.2, 0.25) is 0 Å². The number of anilines is 1. The first-order valence-corrected chi connectivity index (χ1v) is 6.91. The highest BCUT2D eigenvalue weighted by Crippen LogP contribution is 2.19. The van der Waals surface area contributed by atoms with E-state index < -0.39 is 0 Å². The van der Waals surface area contributed by atoms with Gasteiger partial charge in [-0.25, -0.2) is 4.98 Å². The fraction of sp³-hybridized carbons (Fsp3) is 0.500. The largest absolute Gasteiger partial charge is 0.464 e. The Morgan fingerprint density at radius 2 is 2.35 bits per heavy atom. The molecule has 0 aromatic carbocycles. The maximum atomic E-state index is 11.4. The Labute approximate surface area is 117 Å². The molecule has 0 atom stereocenters. The molecule has 0 fully saturated rings. The molecule has 0 aliphatic carbocycles. The molecule has 0 amide bonds. The van der Waals surface area contributed by atoms with E-state index in [-0.39, 0.29) is 5.97 Å². The Balaban J connectivity index is 1.84. The number of aryl methyl sites for hydroxylation is 1. The topological polar surface area (TPSA) is 79.9 Å². The summed E-state index contributed by atoms with van der Waals surface area (Å²) in [5.74, 6) is -0.133. The van der Waals surface area contributed by atoms with E-state index in [0.717, 1.165) is 35.3 Å². The van der Waals surface area contributed by atoms with E-state index in [1.807, 2.05) is 13.0 Å². The third-order valence-electron chi connectivity index (χ3n) is 2.95. The van der Waals surface area contributed by atoms with Crippen molar-refractivity contribution in [2.45, 2.75) is 33.1 Å². The maximum absolute atomic E-state index is 11.4. The summed E-state index contributed by atoms with van der Waals surface area (Å²) in [6.07, 6.45) is 4.07. The molecule has 6 nitrogen and oxygen atoms in total. The zero-order chi connectivity index (χ0) is 14.4. The third kappa shape index (κ3) is 3.69. The second-order valence-electron chi connectivity index (χ2n) is 4.69. The predicted octanol–water partition coefficient (Wildman–Crippen LogP) is 2.41. The Kier molecular flexibility index (Phi) is 4.92. The normalized spacial score (nSPS) is 10.7. The van der Waals surface area contributed by atoms with Crippen LogP contribution in [0.3, 0.4) is 0 Å². The molecule has 0 spiro atoms. The molecule has 2 aromatic heterocycles. The number of hydrogen-bond donors (Lipinski definition) is 2. The number of fused-ring (bicyclic) bond motifs is 1. The van der Waals surface area contributed by atoms with Gasteiger partial charge in [0.25, 0.3) is 0 Å². The van der Waals surface area contributed by atoms with Gasteiger partial charge in [-0.3, -0.25) is 9.89 Å². The second-order valence-corrected chi connectivity index (χ2v) is 4.69. The van der Waals surface area contributed by atoms with Crippen LogP contribution in [0.25, 0.3) is 11.0 Å². The van der Waals surface area contributed by atoms with E-state index in [2.05, 4.69) is 27.4 Å². The van der Waals surface area contributed by atoms with Crippen LogP contribution in [0.5, 0.6) is 0 Å². The van der Waals surface area contributed by atoms with Gasteiger partial charge in [0.05, 0.1) is 11.9 Å². The summed E-state index contributed by atoms with van der Waals surface area (Å²) >= 11 is 0. The first-order chi connectivity index (χ1) is 9.70. The minimum absolute atomic E-state index is 0.133. The van der Waals surface area contributed by atoms with E-state index in [4.69, 9.17) is 4.74 Å². The SMILES string of the molecule is CCCCC(=O)OCCNc1cc(C)nc2cn[nH]c12. The van der Waals surface area contributed by atoms with Gasteiger partial charge in [-0.05, 0) is 19.4 Å². The Hall–Kier alpha value is -2.11. The second kappa shape index (κ2) is 6.88. The van der Waals surface area contributed by atoms with Crippen molar-refractivity contribution in [3.63, 3.8) is 0 Å². The van der Waals surface area contributed by atoms with Crippen molar-refractivity contribution in [2.75, 3.05) is 18.5 Å². The number of nitrogens with zero attached hydrogens (tertiary/aromatic N) is 2. The highest BCUT2D eigenvalue weighted by atomic mass is 16.5. The van der Waals surface area contributed by atoms with E-state index in [0.29, 0.717) is 19.6 Å². The number of rotatable bonds is 7. The van der Waals surface area contributed by atoms with Crippen molar-refractivity contribution < 1.29 is 9.53 Å². The third-order valence-corrected chi connectivity index (χ3v) is 2.95. The number of pyridine rings is 1. The van der Waals surface area contributed by atoms with Crippen LogP contribution in [0.15, 0.2) is 12.3 Å². The van der Waals surface area contributed by atoms with E-state index in [1.54, 1.807) is 6.20 Å². The summed E-state index contributed by atoms with van der Waals surface area (Å²) in [5, 5.41) is 10.1. The quantitative estimate of drug-likeness (QED) is 0.599.